The van der Waals surface area contributed by atoms with Gasteiger partial charge in [-0.15, -0.1) is 0 Å². The van der Waals surface area contributed by atoms with E-state index in [1.807, 2.05) is 13.8 Å². The van der Waals surface area contributed by atoms with Crippen molar-refractivity contribution in [2.45, 2.75) is 26.8 Å². The third-order valence-electron chi connectivity index (χ3n) is 3.01. The maximum Gasteiger partial charge on any atom is 0.276 e. The van der Waals surface area contributed by atoms with Crippen molar-refractivity contribution < 1.29 is 9.59 Å². The number of nitrogens with zero attached hydrogens (tertiary/aromatic N) is 2. The van der Waals surface area contributed by atoms with E-state index in [2.05, 4.69) is 15.7 Å². The number of anilines is 2. The van der Waals surface area contributed by atoms with E-state index in [0.717, 1.165) is 0 Å². The van der Waals surface area contributed by atoms with Gasteiger partial charge in [0.25, 0.3) is 11.5 Å². The SMILES string of the molecule is CC(=O)Nc1ccc(NC(=O)c2ccc(=O)n(C(C)C)n2)cc1. The quantitative estimate of drug-likeness (QED) is 0.903. The zero-order valence-electron chi connectivity index (χ0n) is 13.2. The Morgan fingerprint density at radius 1 is 1.00 bits per heavy atom. The second kappa shape index (κ2) is 6.87. The molecule has 0 aliphatic carbocycles. The highest BCUT2D eigenvalue weighted by Crippen LogP contribution is 2.14. The molecule has 1 aromatic heterocycles. The molecule has 0 atom stereocenters. The van der Waals surface area contributed by atoms with Crippen LogP contribution in [0.2, 0.25) is 0 Å². The van der Waals surface area contributed by atoms with E-state index < -0.39 is 5.91 Å². The molecule has 0 bridgehead atoms. The van der Waals surface area contributed by atoms with Gasteiger partial charge in [0.05, 0.1) is 6.04 Å². The van der Waals surface area contributed by atoms with Crippen LogP contribution in [-0.4, -0.2) is 21.6 Å². The van der Waals surface area contributed by atoms with E-state index in [-0.39, 0.29) is 23.2 Å². The molecule has 0 radical (unpaired) electrons. The number of amides is 2. The summed E-state index contributed by atoms with van der Waals surface area (Å²) in [7, 11) is 0. The standard InChI is InChI=1S/C16H18N4O3/c1-10(2)20-15(22)9-8-14(19-20)16(23)18-13-6-4-12(5-7-13)17-11(3)21/h4-10H,1-3H3,(H,17,21)(H,18,23). The Kier molecular flexibility index (Phi) is 4.90. The monoisotopic (exact) mass is 314 g/mol. The van der Waals surface area contributed by atoms with Crippen molar-refractivity contribution >= 4 is 23.2 Å². The minimum atomic E-state index is -0.410. The number of aromatic nitrogens is 2. The van der Waals surface area contributed by atoms with Gasteiger partial charge in [-0.2, -0.15) is 5.10 Å². The smallest absolute Gasteiger partial charge is 0.276 e. The molecule has 120 valence electrons. The lowest BCUT2D eigenvalue weighted by Crippen LogP contribution is -2.27. The minimum absolute atomic E-state index is 0.132. The molecule has 0 aliphatic rings. The molecule has 1 aromatic carbocycles. The first kappa shape index (κ1) is 16.4. The average Bonchev–Trinajstić information content (AvgIpc) is 2.48. The molecule has 23 heavy (non-hydrogen) atoms. The van der Waals surface area contributed by atoms with Crippen molar-refractivity contribution in [2.24, 2.45) is 0 Å². The highest BCUT2D eigenvalue weighted by Gasteiger charge is 2.11. The van der Waals surface area contributed by atoms with Gasteiger partial charge in [-0.3, -0.25) is 14.4 Å². The van der Waals surface area contributed by atoms with Gasteiger partial charge in [0.2, 0.25) is 5.91 Å². The third-order valence-corrected chi connectivity index (χ3v) is 3.01. The van der Waals surface area contributed by atoms with E-state index in [1.165, 1.54) is 23.7 Å². The van der Waals surface area contributed by atoms with E-state index in [0.29, 0.717) is 11.4 Å². The lowest BCUT2D eigenvalue weighted by molar-refractivity contribution is -0.114. The maximum atomic E-state index is 12.2. The van der Waals surface area contributed by atoms with Crippen molar-refractivity contribution in [2.75, 3.05) is 10.6 Å². The first-order chi connectivity index (χ1) is 10.9. The van der Waals surface area contributed by atoms with Crippen molar-refractivity contribution in [3.63, 3.8) is 0 Å². The normalized spacial score (nSPS) is 10.4. The number of rotatable bonds is 4. The summed E-state index contributed by atoms with van der Waals surface area (Å²) in [6.45, 7) is 5.05. The van der Waals surface area contributed by atoms with E-state index >= 15 is 0 Å². The largest absolute Gasteiger partial charge is 0.326 e. The fourth-order valence-electron chi connectivity index (χ4n) is 1.95. The lowest BCUT2D eigenvalue weighted by Gasteiger charge is -2.10. The highest BCUT2D eigenvalue weighted by atomic mass is 16.2. The molecule has 7 nitrogen and oxygen atoms in total. The Bertz CT molecular complexity index is 779. The maximum absolute atomic E-state index is 12.2. The van der Waals surface area contributed by atoms with Crippen molar-refractivity contribution in [3.05, 3.63) is 52.4 Å². The van der Waals surface area contributed by atoms with Gasteiger partial charge in [-0.05, 0) is 44.2 Å². The van der Waals surface area contributed by atoms with Crippen LogP contribution in [0, 0.1) is 0 Å². The molecule has 0 fully saturated rings. The van der Waals surface area contributed by atoms with Crippen LogP contribution >= 0.6 is 0 Å². The van der Waals surface area contributed by atoms with Gasteiger partial charge in [0.15, 0.2) is 0 Å². The molecule has 0 saturated heterocycles. The molecule has 0 unspecified atom stereocenters. The molecule has 2 N–H and O–H groups in total. The first-order valence-electron chi connectivity index (χ1n) is 7.15. The number of hydrogen-bond donors (Lipinski definition) is 2. The van der Waals surface area contributed by atoms with Crippen LogP contribution in [0.5, 0.6) is 0 Å². The van der Waals surface area contributed by atoms with Crippen molar-refractivity contribution in [1.29, 1.82) is 0 Å². The lowest BCUT2D eigenvalue weighted by atomic mass is 10.2. The summed E-state index contributed by atoms with van der Waals surface area (Å²) in [6, 6.07) is 9.28. The van der Waals surface area contributed by atoms with Crippen LogP contribution in [0.3, 0.4) is 0 Å². The molecule has 1 heterocycles. The summed E-state index contributed by atoms with van der Waals surface area (Å²) in [5, 5.41) is 9.40. The first-order valence-corrected chi connectivity index (χ1v) is 7.15. The van der Waals surface area contributed by atoms with Crippen molar-refractivity contribution in [3.8, 4) is 0 Å². The number of carbonyl (C=O) groups is 2. The van der Waals surface area contributed by atoms with Crippen LogP contribution in [-0.2, 0) is 4.79 Å². The fourth-order valence-corrected chi connectivity index (χ4v) is 1.95. The predicted octanol–water partition coefficient (Wildman–Crippen LogP) is 2.03. The topological polar surface area (TPSA) is 93.1 Å². The van der Waals surface area contributed by atoms with Crippen LogP contribution in [0.25, 0.3) is 0 Å². The minimum Gasteiger partial charge on any atom is -0.326 e. The zero-order chi connectivity index (χ0) is 17.0. The van der Waals surface area contributed by atoms with Gasteiger partial charge >= 0.3 is 0 Å². The van der Waals surface area contributed by atoms with Gasteiger partial charge in [0.1, 0.15) is 5.69 Å². The Labute approximate surface area is 133 Å². The number of hydrogen-bond acceptors (Lipinski definition) is 4. The highest BCUT2D eigenvalue weighted by molar-refractivity contribution is 6.02. The summed E-state index contributed by atoms with van der Waals surface area (Å²) >= 11 is 0. The molecule has 2 rings (SSSR count). The van der Waals surface area contributed by atoms with E-state index in [1.54, 1.807) is 24.3 Å². The Balaban J connectivity index is 2.14. The van der Waals surface area contributed by atoms with Gasteiger partial charge in [-0.1, -0.05) is 0 Å². The number of nitrogens with one attached hydrogen (secondary N) is 2. The molecule has 0 aliphatic heterocycles. The van der Waals surface area contributed by atoms with E-state index in [9.17, 15) is 14.4 Å². The molecule has 2 amide bonds. The molecule has 0 spiro atoms. The number of benzene rings is 1. The van der Waals surface area contributed by atoms with E-state index in [4.69, 9.17) is 0 Å². The second-order valence-electron chi connectivity index (χ2n) is 5.31. The Morgan fingerprint density at radius 3 is 2.09 bits per heavy atom. The predicted molar refractivity (Wildman–Crippen MR) is 87.6 cm³/mol. The fraction of sp³-hybridized carbons (Fsp3) is 0.250. The van der Waals surface area contributed by atoms with Gasteiger partial charge < -0.3 is 10.6 Å². The van der Waals surface area contributed by atoms with Crippen LogP contribution in [0.4, 0.5) is 11.4 Å². The number of carbonyl (C=O) groups excluding carboxylic acids is 2. The van der Waals surface area contributed by atoms with Crippen LogP contribution < -0.4 is 16.2 Å². The van der Waals surface area contributed by atoms with Crippen LogP contribution in [0.15, 0.2) is 41.2 Å². The van der Waals surface area contributed by atoms with Gasteiger partial charge in [-0.25, -0.2) is 4.68 Å². The summed E-state index contributed by atoms with van der Waals surface area (Å²) in [4.78, 5) is 34.8. The molecule has 7 heteroatoms. The summed E-state index contributed by atoms with van der Waals surface area (Å²) < 4.78 is 1.26. The molecule has 2 aromatic rings. The van der Waals surface area contributed by atoms with Crippen molar-refractivity contribution in [1.82, 2.24) is 9.78 Å². The summed E-state index contributed by atoms with van der Waals surface area (Å²) in [5.74, 6) is -0.575. The van der Waals surface area contributed by atoms with Gasteiger partial charge in [0, 0.05) is 24.4 Å². The Morgan fingerprint density at radius 2 is 1.57 bits per heavy atom. The molecular formula is C16H18N4O3. The zero-order valence-corrected chi connectivity index (χ0v) is 13.2. The summed E-state index contributed by atoms with van der Waals surface area (Å²) in [5.41, 5.74) is 1.11. The molecular weight excluding hydrogens is 296 g/mol. The molecule has 0 saturated carbocycles. The Hall–Kier alpha value is -2.96. The van der Waals surface area contributed by atoms with Crippen LogP contribution in [0.1, 0.15) is 37.3 Å². The second-order valence-corrected chi connectivity index (χ2v) is 5.31. The third kappa shape index (κ3) is 4.26. The summed E-state index contributed by atoms with van der Waals surface area (Å²) in [6.07, 6.45) is 0. The average molecular weight is 314 g/mol.